The molecule has 4 aliphatic rings. The Morgan fingerprint density at radius 1 is 0.800 bits per heavy atom. The lowest BCUT2D eigenvalue weighted by molar-refractivity contribution is -0.165. The molecule has 6 unspecified atom stereocenters. The smallest absolute Gasteiger partial charge is 0.335 e. The van der Waals surface area contributed by atoms with Crippen LogP contribution in [0.5, 0.6) is 5.75 Å². The van der Waals surface area contributed by atoms with E-state index in [-0.39, 0.29) is 31.7 Å². The summed E-state index contributed by atoms with van der Waals surface area (Å²) in [5.41, 5.74) is 1.09. The summed E-state index contributed by atoms with van der Waals surface area (Å²) in [6.07, 6.45) is -1.47. The van der Waals surface area contributed by atoms with Gasteiger partial charge in [-0.15, -0.1) is 0 Å². The Balaban J connectivity index is 0.000000399. The molecule has 6 N–H and O–H groups in total. The van der Waals surface area contributed by atoms with Crippen molar-refractivity contribution in [2.45, 2.75) is 69.0 Å². The molecule has 4 fully saturated rings. The highest BCUT2D eigenvalue weighted by Gasteiger charge is 2.52. The molecule has 15 heteroatoms. The van der Waals surface area contributed by atoms with Gasteiger partial charge in [0.2, 0.25) is 11.8 Å². The number of anilines is 1. The molecule has 2 heterocycles. The fourth-order valence-electron chi connectivity index (χ4n) is 6.27. The first kappa shape index (κ1) is 34.2. The Kier molecular flexibility index (Phi) is 11.5. The monoisotopic (exact) mass is 635 g/mol. The number of hydrogen-bond donors (Lipinski definition) is 6. The Labute approximate surface area is 259 Å². The third-order valence-corrected chi connectivity index (χ3v) is 8.80. The lowest BCUT2D eigenvalue weighted by Crippen LogP contribution is -2.49. The first-order chi connectivity index (χ1) is 21.4. The average Bonchev–Trinajstić information content (AvgIpc) is 3.60. The third-order valence-electron chi connectivity index (χ3n) is 8.80. The Bertz CT molecular complexity index is 1200. The minimum Gasteiger partial charge on any atom is -0.488 e. The Hall–Kier alpha value is -3.63. The van der Waals surface area contributed by atoms with E-state index in [2.05, 4.69) is 15.9 Å². The fraction of sp³-hybridized carbons (Fsp3) is 0.633. The molecule has 1 aromatic rings. The molecule has 0 aromatic heterocycles. The van der Waals surface area contributed by atoms with Crippen LogP contribution in [0.15, 0.2) is 24.3 Å². The highest BCUT2D eigenvalue weighted by atomic mass is 16.5. The summed E-state index contributed by atoms with van der Waals surface area (Å²) in [7, 11) is 0. The topological polar surface area (TPSA) is 226 Å². The van der Waals surface area contributed by atoms with Gasteiger partial charge in [-0.2, -0.15) is 0 Å². The van der Waals surface area contributed by atoms with E-state index in [0.717, 1.165) is 42.3 Å². The van der Waals surface area contributed by atoms with Crippen LogP contribution in [0, 0.1) is 11.8 Å². The molecular weight excluding hydrogens is 594 g/mol. The number of benzene rings is 1. The van der Waals surface area contributed by atoms with Gasteiger partial charge >= 0.3 is 11.9 Å². The summed E-state index contributed by atoms with van der Waals surface area (Å²) in [5, 5.41) is 52.3. The van der Waals surface area contributed by atoms with Crippen molar-refractivity contribution < 1.29 is 59.3 Å². The molecule has 0 bridgehead atoms. The zero-order valence-corrected chi connectivity index (χ0v) is 24.8. The summed E-state index contributed by atoms with van der Waals surface area (Å²) < 4.78 is 6.29. The van der Waals surface area contributed by atoms with Gasteiger partial charge in [0.25, 0.3) is 0 Å². The third kappa shape index (κ3) is 8.35. The van der Waals surface area contributed by atoms with Crippen molar-refractivity contribution in [1.82, 2.24) is 9.80 Å². The number of carbonyl (C=O) groups is 5. The van der Waals surface area contributed by atoms with Crippen LogP contribution in [0.3, 0.4) is 0 Å². The minimum atomic E-state index is -2.27. The van der Waals surface area contributed by atoms with E-state index in [1.165, 1.54) is 12.8 Å². The minimum absolute atomic E-state index is 0.0645. The van der Waals surface area contributed by atoms with Crippen molar-refractivity contribution in [3.8, 4) is 5.75 Å². The fourth-order valence-corrected chi connectivity index (χ4v) is 6.27. The normalized spacial score (nSPS) is 26.9. The van der Waals surface area contributed by atoms with Gasteiger partial charge in [-0.05, 0) is 50.7 Å². The van der Waals surface area contributed by atoms with Gasteiger partial charge in [-0.1, -0.05) is 12.1 Å². The number of hydrogen-bond acceptors (Lipinski definition) is 12. The van der Waals surface area contributed by atoms with Gasteiger partial charge in [0.05, 0.1) is 48.9 Å². The molecule has 2 saturated carbocycles. The number of amides is 2. The second kappa shape index (κ2) is 15.1. The van der Waals surface area contributed by atoms with Crippen molar-refractivity contribution >= 4 is 35.2 Å². The summed E-state index contributed by atoms with van der Waals surface area (Å²) in [5.74, 6) is -4.86. The number of piperazine rings is 1. The molecule has 0 spiro atoms. The first-order valence-electron chi connectivity index (χ1n) is 15.1. The number of aliphatic hydroxyl groups is 4. The highest BCUT2D eigenvalue weighted by molar-refractivity contribution is 6.07. The van der Waals surface area contributed by atoms with Gasteiger partial charge in [0.1, 0.15) is 5.75 Å². The predicted molar refractivity (Wildman–Crippen MR) is 155 cm³/mol. The van der Waals surface area contributed by atoms with Gasteiger partial charge in [0.15, 0.2) is 18.0 Å². The number of rotatable bonds is 10. The zero-order valence-electron chi connectivity index (χ0n) is 24.8. The number of carbonyl (C=O) groups excluding carboxylic acids is 3. The van der Waals surface area contributed by atoms with Crippen molar-refractivity contribution in [3.05, 3.63) is 24.3 Å². The quantitative estimate of drug-likeness (QED) is 0.164. The molecule has 2 aliphatic heterocycles. The first-order valence-corrected chi connectivity index (χ1v) is 15.1. The standard InChI is InChI=1S/C26H35N3O6.C4H6O6/c30-17(16-29-25(33)19-13-22(31)23(32)14-20(19)26(29)34)15-27-9-11-28(12-10-27)21-7-3-4-8-24(21)35-18-5-1-2-6-18;5-1(3(7)8)2(6)4(9)10/h3-4,7-8,18-20,22-23,31-32H,1-2,5-6,9-16H2;1-2,5-6H,(H,7,8)(H,9,10). The van der Waals surface area contributed by atoms with Crippen molar-refractivity contribution in [1.29, 1.82) is 0 Å². The predicted octanol–water partition coefficient (Wildman–Crippen LogP) is -1.31. The maximum atomic E-state index is 12.8. The Morgan fingerprint density at radius 2 is 1.31 bits per heavy atom. The number of imide groups is 1. The summed E-state index contributed by atoms with van der Waals surface area (Å²) >= 11 is 0. The number of carboxylic acid groups (broad SMARTS) is 2. The second-order valence-electron chi connectivity index (χ2n) is 11.9. The molecule has 2 amide bonds. The summed E-state index contributed by atoms with van der Waals surface area (Å²) in [6, 6.07) is 8.14. The Morgan fingerprint density at radius 3 is 1.82 bits per heavy atom. The molecule has 15 nitrogen and oxygen atoms in total. The SMILES string of the molecule is O=C(CN1CCN(c2ccccc2OC2CCCC2)CC1)CN1C(=O)C2CC(O)C(O)CC2C1=O.O=C(O)C(O)C(O)C(=O)O. The van der Waals surface area contributed by atoms with E-state index in [9.17, 15) is 34.2 Å². The molecular formula is C30H41N3O12. The lowest BCUT2D eigenvalue weighted by atomic mass is 9.78. The second-order valence-corrected chi connectivity index (χ2v) is 11.9. The van der Waals surface area contributed by atoms with E-state index in [1.54, 1.807) is 0 Å². The highest BCUT2D eigenvalue weighted by Crippen LogP contribution is 2.38. The molecule has 45 heavy (non-hydrogen) atoms. The van der Waals surface area contributed by atoms with Crippen LogP contribution in [0.25, 0.3) is 0 Å². The van der Waals surface area contributed by atoms with Crippen LogP contribution in [0.1, 0.15) is 38.5 Å². The van der Waals surface area contributed by atoms with Crippen LogP contribution in [0.4, 0.5) is 5.69 Å². The number of nitrogens with zero attached hydrogens (tertiary/aromatic N) is 3. The van der Waals surface area contributed by atoms with Crippen LogP contribution >= 0.6 is 0 Å². The lowest BCUT2D eigenvalue weighted by Gasteiger charge is -2.36. The number of para-hydroxylation sites is 2. The van der Waals surface area contributed by atoms with Crippen LogP contribution in [0.2, 0.25) is 0 Å². The van der Waals surface area contributed by atoms with Crippen molar-refractivity contribution in [2.24, 2.45) is 11.8 Å². The van der Waals surface area contributed by atoms with E-state index in [4.69, 9.17) is 25.2 Å². The van der Waals surface area contributed by atoms with E-state index < -0.39 is 60.0 Å². The maximum Gasteiger partial charge on any atom is 0.335 e. The number of aliphatic carboxylic acids is 2. The molecule has 0 radical (unpaired) electrons. The molecule has 248 valence electrons. The molecule has 1 aromatic carbocycles. The van der Waals surface area contributed by atoms with Gasteiger partial charge in [-0.3, -0.25) is 24.2 Å². The van der Waals surface area contributed by atoms with Crippen molar-refractivity contribution in [2.75, 3.05) is 44.2 Å². The van der Waals surface area contributed by atoms with Crippen LogP contribution < -0.4 is 9.64 Å². The molecule has 6 atom stereocenters. The zero-order chi connectivity index (χ0) is 32.8. The largest absolute Gasteiger partial charge is 0.488 e. The number of ether oxygens (including phenoxy) is 1. The number of ketones is 1. The van der Waals surface area contributed by atoms with E-state index >= 15 is 0 Å². The van der Waals surface area contributed by atoms with Crippen LogP contribution in [-0.2, 0) is 24.0 Å². The number of carboxylic acids is 2. The molecule has 2 aliphatic carbocycles. The number of aliphatic hydroxyl groups excluding tert-OH is 4. The molecule has 2 saturated heterocycles. The van der Waals surface area contributed by atoms with Crippen molar-refractivity contribution in [3.63, 3.8) is 0 Å². The van der Waals surface area contributed by atoms with E-state index in [1.807, 2.05) is 18.2 Å². The van der Waals surface area contributed by atoms with E-state index in [0.29, 0.717) is 19.2 Å². The number of likely N-dealkylation sites (tertiary alicyclic amines) is 1. The number of fused-ring (bicyclic) bond motifs is 1. The van der Waals surface area contributed by atoms with Gasteiger partial charge < -0.3 is 40.3 Å². The van der Waals surface area contributed by atoms with Gasteiger partial charge in [0, 0.05) is 26.2 Å². The van der Waals surface area contributed by atoms with Crippen LogP contribution in [-0.4, -0.2) is 140 Å². The summed E-state index contributed by atoms with van der Waals surface area (Å²) in [6.45, 7) is 2.88. The van der Waals surface area contributed by atoms with Gasteiger partial charge in [-0.25, -0.2) is 9.59 Å². The summed E-state index contributed by atoms with van der Waals surface area (Å²) in [4.78, 5) is 63.1. The number of Topliss-reactive ketones (excluding diaryl/α,β-unsaturated/α-hetero) is 1. The molecule has 5 rings (SSSR count). The average molecular weight is 636 g/mol. The maximum absolute atomic E-state index is 12.8.